The van der Waals surface area contributed by atoms with E-state index >= 15 is 0 Å². The first kappa shape index (κ1) is 11.0. The second-order valence-electron chi connectivity index (χ2n) is 3.92. The molecule has 1 aliphatic heterocycles. The largest absolute Gasteiger partial charge is 0.351 e. The molecule has 0 radical (unpaired) electrons. The molecule has 2 unspecified atom stereocenters. The van der Waals surface area contributed by atoms with Crippen molar-refractivity contribution in [3.05, 3.63) is 35.4 Å². The molecule has 1 fully saturated rings. The number of hydrogen-bond donors (Lipinski definition) is 2. The van der Waals surface area contributed by atoms with E-state index in [-0.39, 0.29) is 17.5 Å². The molecule has 16 heavy (non-hydrogen) atoms. The second-order valence-corrected chi connectivity index (χ2v) is 3.92. The van der Waals surface area contributed by atoms with Gasteiger partial charge in [0.2, 0.25) is 5.91 Å². The number of rotatable bonds is 1. The van der Waals surface area contributed by atoms with Crippen LogP contribution in [0.3, 0.4) is 0 Å². The summed E-state index contributed by atoms with van der Waals surface area (Å²) in [6.45, 7) is 2.37. The normalized spacial score (nSPS) is 25.3. The van der Waals surface area contributed by atoms with E-state index in [1.807, 2.05) is 6.92 Å². The lowest BCUT2D eigenvalue weighted by Gasteiger charge is -2.28. The molecule has 2 atom stereocenters. The van der Waals surface area contributed by atoms with E-state index in [2.05, 4.69) is 10.6 Å². The quantitative estimate of drug-likeness (QED) is 0.753. The number of piperazine rings is 1. The highest BCUT2D eigenvalue weighted by molar-refractivity contribution is 5.84. The Bertz CT molecular complexity index is 422. The van der Waals surface area contributed by atoms with Gasteiger partial charge in [0.05, 0.1) is 0 Å². The first-order chi connectivity index (χ1) is 7.58. The van der Waals surface area contributed by atoms with Crippen molar-refractivity contribution in [2.24, 2.45) is 0 Å². The highest BCUT2D eigenvalue weighted by Gasteiger charge is 2.28. The van der Waals surface area contributed by atoms with Crippen LogP contribution in [0.1, 0.15) is 18.5 Å². The average Bonchev–Trinajstić information content (AvgIpc) is 2.22. The molecule has 1 aromatic carbocycles. The van der Waals surface area contributed by atoms with Gasteiger partial charge in [-0.2, -0.15) is 0 Å². The Hall–Kier alpha value is -1.49. The summed E-state index contributed by atoms with van der Waals surface area (Å²) in [5, 5.41) is 5.57. The molecule has 3 nitrogen and oxygen atoms in total. The topological polar surface area (TPSA) is 41.1 Å². The molecule has 0 aliphatic carbocycles. The van der Waals surface area contributed by atoms with Crippen molar-refractivity contribution in [1.29, 1.82) is 0 Å². The van der Waals surface area contributed by atoms with Gasteiger partial charge in [0.1, 0.15) is 17.7 Å². The van der Waals surface area contributed by atoms with E-state index in [0.717, 1.165) is 18.2 Å². The summed E-state index contributed by atoms with van der Waals surface area (Å²) in [5.41, 5.74) is 0.0457. The van der Waals surface area contributed by atoms with E-state index in [1.165, 1.54) is 0 Å². The number of carbonyl (C=O) groups is 1. The van der Waals surface area contributed by atoms with Crippen molar-refractivity contribution in [3.8, 4) is 0 Å². The van der Waals surface area contributed by atoms with Crippen LogP contribution in [0, 0.1) is 11.6 Å². The van der Waals surface area contributed by atoms with E-state index < -0.39 is 17.7 Å². The zero-order valence-electron chi connectivity index (χ0n) is 8.76. The van der Waals surface area contributed by atoms with Crippen LogP contribution in [-0.2, 0) is 4.79 Å². The van der Waals surface area contributed by atoms with Crippen LogP contribution in [0.5, 0.6) is 0 Å². The predicted octanol–water partition coefficient (Wildman–Crippen LogP) is 1.11. The lowest BCUT2D eigenvalue weighted by atomic mass is 10.0. The fraction of sp³-hybridized carbons (Fsp3) is 0.364. The Kier molecular flexibility index (Phi) is 2.87. The van der Waals surface area contributed by atoms with E-state index in [4.69, 9.17) is 0 Å². The zero-order chi connectivity index (χ0) is 11.7. The van der Waals surface area contributed by atoms with Crippen molar-refractivity contribution in [1.82, 2.24) is 10.6 Å². The van der Waals surface area contributed by atoms with E-state index in [0.29, 0.717) is 6.54 Å². The van der Waals surface area contributed by atoms with Gasteiger partial charge in [-0.15, -0.1) is 0 Å². The molecule has 5 heteroatoms. The van der Waals surface area contributed by atoms with Crippen LogP contribution in [0.4, 0.5) is 8.78 Å². The van der Waals surface area contributed by atoms with Crippen molar-refractivity contribution in [2.75, 3.05) is 6.54 Å². The molecule has 1 amide bonds. The maximum Gasteiger partial charge on any atom is 0.242 e. The number of nitrogens with one attached hydrogen (secondary N) is 2. The van der Waals surface area contributed by atoms with Gasteiger partial charge in [-0.25, -0.2) is 8.78 Å². The summed E-state index contributed by atoms with van der Waals surface area (Å²) in [7, 11) is 0. The third kappa shape index (κ3) is 2.04. The third-order valence-corrected chi connectivity index (χ3v) is 2.55. The SMILES string of the molecule is CC1CNC(c2cc(F)ccc2F)C(=O)N1. The molecule has 0 spiro atoms. The maximum absolute atomic E-state index is 13.4. The van der Waals surface area contributed by atoms with Crippen molar-refractivity contribution in [2.45, 2.75) is 19.0 Å². The van der Waals surface area contributed by atoms with Gasteiger partial charge in [0.25, 0.3) is 0 Å². The molecule has 1 saturated heterocycles. The molecule has 2 N–H and O–H groups in total. The minimum absolute atomic E-state index is 0.000343. The average molecular weight is 226 g/mol. The standard InChI is InChI=1S/C11H12F2N2O/c1-6-5-14-10(11(16)15-6)8-4-7(12)2-3-9(8)13/h2-4,6,10,14H,5H2,1H3,(H,15,16). The summed E-state index contributed by atoms with van der Waals surface area (Å²) in [6.07, 6.45) is 0. The molecule has 1 heterocycles. The summed E-state index contributed by atoms with van der Waals surface area (Å²) >= 11 is 0. The Morgan fingerprint density at radius 3 is 2.81 bits per heavy atom. The smallest absolute Gasteiger partial charge is 0.242 e. The Morgan fingerprint density at radius 1 is 1.38 bits per heavy atom. The number of amides is 1. The molecular formula is C11H12F2N2O. The molecular weight excluding hydrogens is 214 g/mol. The highest BCUT2D eigenvalue weighted by Crippen LogP contribution is 2.20. The summed E-state index contributed by atoms with van der Waals surface area (Å²) < 4.78 is 26.4. The van der Waals surface area contributed by atoms with E-state index in [9.17, 15) is 13.6 Å². The molecule has 86 valence electrons. The van der Waals surface area contributed by atoms with Crippen molar-refractivity contribution in [3.63, 3.8) is 0 Å². The van der Waals surface area contributed by atoms with E-state index in [1.54, 1.807) is 0 Å². The van der Waals surface area contributed by atoms with Gasteiger partial charge in [0.15, 0.2) is 0 Å². The summed E-state index contributed by atoms with van der Waals surface area (Å²) in [4.78, 5) is 11.6. The summed E-state index contributed by atoms with van der Waals surface area (Å²) in [5.74, 6) is -1.46. The van der Waals surface area contributed by atoms with Crippen molar-refractivity contribution >= 4 is 5.91 Å². The van der Waals surface area contributed by atoms with Gasteiger partial charge in [-0.1, -0.05) is 0 Å². The molecule has 0 aromatic heterocycles. The van der Waals surface area contributed by atoms with Gasteiger partial charge in [-0.3, -0.25) is 4.79 Å². The number of benzene rings is 1. The zero-order valence-corrected chi connectivity index (χ0v) is 8.76. The maximum atomic E-state index is 13.4. The lowest BCUT2D eigenvalue weighted by Crippen LogP contribution is -2.52. The molecule has 0 bridgehead atoms. The Labute approximate surface area is 91.8 Å². The fourth-order valence-corrected chi connectivity index (χ4v) is 1.75. The molecule has 2 rings (SSSR count). The number of hydrogen-bond acceptors (Lipinski definition) is 2. The van der Waals surface area contributed by atoms with Gasteiger partial charge >= 0.3 is 0 Å². The van der Waals surface area contributed by atoms with Crippen LogP contribution >= 0.6 is 0 Å². The fourth-order valence-electron chi connectivity index (χ4n) is 1.75. The van der Waals surface area contributed by atoms with Gasteiger partial charge in [0, 0.05) is 18.2 Å². The van der Waals surface area contributed by atoms with Gasteiger partial charge < -0.3 is 10.6 Å². The lowest BCUT2D eigenvalue weighted by molar-refractivity contribution is -0.125. The minimum atomic E-state index is -0.813. The number of carbonyl (C=O) groups excluding carboxylic acids is 1. The van der Waals surface area contributed by atoms with Gasteiger partial charge in [-0.05, 0) is 25.1 Å². The number of halogens is 2. The monoisotopic (exact) mass is 226 g/mol. The van der Waals surface area contributed by atoms with Crippen LogP contribution in [-0.4, -0.2) is 18.5 Å². The van der Waals surface area contributed by atoms with Crippen LogP contribution in [0.2, 0.25) is 0 Å². The summed E-state index contributed by atoms with van der Waals surface area (Å²) in [6, 6.07) is 2.29. The highest BCUT2D eigenvalue weighted by atomic mass is 19.1. The van der Waals surface area contributed by atoms with Crippen molar-refractivity contribution < 1.29 is 13.6 Å². The molecule has 0 saturated carbocycles. The Balaban J connectivity index is 2.30. The van der Waals surface area contributed by atoms with Crippen LogP contribution in [0.15, 0.2) is 18.2 Å². The second kappa shape index (κ2) is 4.17. The first-order valence-electron chi connectivity index (χ1n) is 5.06. The van der Waals surface area contributed by atoms with Crippen LogP contribution in [0.25, 0.3) is 0 Å². The third-order valence-electron chi connectivity index (χ3n) is 2.55. The molecule has 1 aromatic rings. The Morgan fingerprint density at radius 2 is 2.12 bits per heavy atom. The molecule has 1 aliphatic rings. The minimum Gasteiger partial charge on any atom is -0.351 e. The predicted molar refractivity (Wildman–Crippen MR) is 54.7 cm³/mol. The first-order valence-corrected chi connectivity index (χ1v) is 5.06. The van der Waals surface area contributed by atoms with Crippen LogP contribution < -0.4 is 10.6 Å².